The van der Waals surface area contributed by atoms with E-state index >= 15 is 0 Å². The van der Waals surface area contributed by atoms with Crippen molar-refractivity contribution in [2.45, 2.75) is 24.7 Å². The molecule has 1 heterocycles. The molecule has 0 spiro atoms. The number of rotatable bonds is 5. The van der Waals surface area contributed by atoms with Crippen LogP contribution in [0.15, 0.2) is 35.7 Å². The second-order valence-corrected chi connectivity index (χ2v) is 6.65. The van der Waals surface area contributed by atoms with Gasteiger partial charge >= 0.3 is 0 Å². The lowest BCUT2D eigenvalue weighted by Crippen LogP contribution is -2.30. The minimum absolute atomic E-state index is 0.449. The molecule has 0 saturated heterocycles. The first-order valence-electron chi connectivity index (χ1n) is 6.21. The van der Waals surface area contributed by atoms with Gasteiger partial charge in [0, 0.05) is 40.4 Å². The van der Waals surface area contributed by atoms with E-state index in [2.05, 4.69) is 64.4 Å². The molecule has 0 N–H and O–H groups in total. The van der Waals surface area contributed by atoms with E-state index < -0.39 is 0 Å². The van der Waals surface area contributed by atoms with Gasteiger partial charge in [-0.25, -0.2) is 0 Å². The molecule has 102 valence electrons. The summed E-state index contributed by atoms with van der Waals surface area (Å²) in [6.45, 7) is 2.24. The molecule has 2 aromatic rings. The average molecular weight is 359 g/mol. The Morgan fingerprint density at radius 1 is 1.37 bits per heavy atom. The Kier molecular flexibility index (Phi) is 5.31. The lowest BCUT2D eigenvalue weighted by molar-refractivity contribution is 0.688. The minimum Gasteiger partial charge on any atom is -0.371 e. The van der Waals surface area contributed by atoms with Crippen molar-refractivity contribution < 1.29 is 0 Å². The van der Waals surface area contributed by atoms with E-state index in [0.717, 1.165) is 22.3 Å². The van der Waals surface area contributed by atoms with Gasteiger partial charge in [-0.1, -0.05) is 39.7 Å². The van der Waals surface area contributed by atoms with Gasteiger partial charge in [0.05, 0.1) is 0 Å². The number of nitrogens with zero attached hydrogens (tertiary/aromatic N) is 1. The van der Waals surface area contributed by atoms with Crippen LogP contribution in [0.2, 0.25) is 5.02 Å². The quantitative estimate of drug-likeness (QED) is 0.650. The van der Waals surface area contributed by atoms with Gasteiger partial charge in [-0.2, -0.15) is 0 Å². The first-order chi connectivity index (χ1) is 9.11. The zero-order valence-electron chi connectivity index (χ0n) is 11.1. The summed E-state index contributed by atoms with van der Waals surface area (Å²) in [5.41, 5.74) is 2.29. The summed E-state index contributed by atoms with van der Waals surface area (Å²) in [6.07, 6.45) is 1.06. The van der Waals surface area contributed by atoms with E-state index in [1.54, 1.807) is 0 Å². The SMILES string of the molecule is CC(Cc1cccs1)N(C)c1ccc(CBr)c(Cl)c1. The smallest absolute Gasteiger partial charge is 0.0467 e. The maximum Gasteiger partial charge on any atom is 0.0467 e. The van der Waals surface area contributed by atoms with Crippen molar-refractivity contribution in [3.05, 3.63) is 51.2 Å². The number of benzene rings is 1. The summed E-state index contributed by atoms with van der Waals surface area (Å²) >= 11 is 11.5. The summed E-state index contributed by atoms with van der Waals surface area (Å²) < 4.78 is 0. The Labute approximate surface area is 132 Å². The third-order valence-corrected chi connectivity index (χ3v) is 5.18. The molecular formula is C15H17BrClNS. The highest BCUT2D eigenvalue weighted by molar-refractivity contribution is 9.08. The van der Waals surface area contributed by atoms with E-state index in [1.807, 2.05) is 17.4 Å². The molecule has 1 aromatic heterocycles. The van der Waals surface area contributed by atoms with Crippen LogP contribution in [-0.4, -0.2) is 13.1 Å². The number of halogens is 2. The number of alkyl halides is 1. The van der Waals surface area contributed by atoms with E-state index in [0.29, 0.717) is 6.04 Å². The summed E-state index contributed by atoms with van der Waals surface area (Å²) in [5.74, 6) is 0. The van der Waals surface area contributed by atoms with Crippen LogP contribution in [0.5, 0.6) is 0 Å². The van der Waals surface area contributed by atoms with Crippen LogP contribution >= 0.6 is 38.9 Å². The Bertz CT molecular complexity index is 527. The highest BCUT2D eigenvalue weighted by Crippen LogP contribution is 2.26. The monoisotopic (exact) mass is 357 g/mol. The second kappa shape index (κ2) is 6.78. The van der Waals surface area contributed by atoms with Gasteiger partial charge in [0.1, 0.15) is 0 Å². The summed E-state index contributed by atoms with van der Waals surface area (Å²) in [7, 11) is 2.12. The molecule has 1 atom stereocenters. The van der Waals surface area contributed by atoms with Crippen LogP contribution in [0.1, 0.15) is 17.4 Å². The Hall–Kier alpha value is -0.510. The van der Waals surface area contributed by atoms with Gasteiger partial charge in [-0.15, -0.1) is 11.3 Å². The summed E-state index contributed by atoms with van der Waals surface area (Å²) in [4.78, 5) is 3.70. The Morgan fingerprint density at radius 2 is 2.16 bits per heavy atom. The Balaban J connectivity index is 2.10. The Morgan fingerprint density at radius 3 is 2.74 bits per heavy atom. The zero-order chi connectivity index (χ0) is 13.8. The minimum atomic E-state index is 0.449. The molecule has 0 aliphatic heterocycles. The summed E-state index contributed by atoms with van der Waals surface area (Å²) in [6, 6.07) is 11.0. The lowest BCUT2D eigenvalue weighted by atomic mass is 10.1. The first kappa shape index (κ1) is 14.9. The maximum atomic E-state index is 6.27. The van der Waals surface area contributed by atoms with Gasteiger partial charge in [0.2, 0.25) is 0 Å². The first-order valence-corrected chi connectivity index (χ1v) is 8.59. The molecule has 0 radical (unpaired) electrons. The van der Waals surface area contributed by atoms with Crippen LogP contribution in [0.3, 0.4) is 0 Å². The van der Waals surface area contributed by atoms with Crippen molar-refractivity contribution in [3.63, 3.8) is 0 Å². The molecular weight excluding hydrogens is 342 g/mol. The fraction of sp³-hybridized carbons (Fsp3) is 0.333. The number of likely N-dealkylation sites (N-methyl/N-ethyl adjacent to an activating group) is 1. The maximum absolute atomic E-state index is 6.27. The average Bonchev–Trinajstić information content (AvgIpc) is 2.90. The zero-order valence-corrected chi connectivity index (χ0v) is 14.2. The van der Waals surface area contributed by atoms with Crippen LogP contribution in [0, 0.1) is 0 Å². The van der Waals surface area contributed by atoms with E-state index in [4.69, 9.17) is 11.6 Å². The highest BCUT2D eigenvalue weighted by Gasteiger charge is 2.12. The fourth-order valence-corrected chi connectivity index (χ4v) is 3.69. The van der Waals surface area contributed by atoms with Crippen molar-refractivity contribution in [1.29, 1.82) is 0 Å². The third kappa shape index (κ3) is 3.74. The van der Waals surface area contributed by atoms with E-state index in [-0.39, 0.29) is 0 Å². The van der Waals surface area contributed by atoms with Crippen LogP contribution in [-0.2, 0) is 11.8 Å². The fourth-order valence-electron chi connectivity index (χ4n) is 1.98. The molecule has 4 heteroatoms. The largest absolute Gasteiger partial charge is 0.371 e. The molecule has 0 amide bonds. The number of hydrogen-bond acceptors (Lipinski definition) is 2. The van der Waals surface area contributed by atoms with Crippen molar-refractivity contribution in [1.82, 2.24) is 0 Å². The predicted octanol–water partition coefficient (Wildman–Crippen LogP) is 5.36. The standard InChI is InChI=1S/C15H17BrClNS/c1-11(8-14-4-3-7-19-14)18(2)13-6-5-12(10-16)15(17)9-13/h3-7,9,11H,8,10H2,1-2H3. The van der Waals surface area contributed by atoms with Crippen molar-refractivity contribution >= 4 is 44.6 Å². The van der Waals surface area contributed by atoms with Crippen molar-refractivity contribution in [2.24, 2.45) is 0 Å². The summed E-state index contributed by atoms with van der Waals surface area (Å²) in [5, 5.41) is 3.74. The highest BCUT2D eigenvalue weighted by atomic mass is 79.9. The van der Waals surface area contributed by atoms with Gasteiger partial charge < -0.3 is 4.90 Å². The molecule has 1 unspecified atom stereocenters. The molecule has 1 nitrogen and oxygen atoms in total. The molecule has 0 saturated carbocycles. The molecule has 0 aliphatic rings. The molecule has 0 aliphatic carbocycles. The molecule has 19 heavy (non-hydrogen) atoms. The van der Waals surface area contributed by atoms with Crippen molar-refractivity contribution in [2.75, 3.05) is 11.9 Å². The van der Waals surface area contributed by atoms with E-state index in [9.17, 15) is 0 Å². The van der Waals surface area contributed by atoms with Gasteiger partial charge in [0.15, 0.2) is 0 Å². The van der Waals surface area contributed by atoms with Crippen LogP contribution in [0.4, 0.5) is 5.69 Å². The predicted molar refractivity (Wildman–Crippen MR) is 90.0 cm³/mol. The van der Waals surface area contributed by atoms with Gasteiger partial charge in [-0.3, -0.25) is 0 Å². The molecule has 0 fully saturated rings. The van der Waals surface area contributed by atoms with E-state index in [1.165, 1.54) is 10.6 Å². The van der Waals surface area contributed by atoms with Gasteiger partial charge in [0.25, 0.3) is 0 Å². The normalized spacial score (nSPS) is 12.4. The number of anilines is 1. The van der Waals surface area contributed by atoms with Crippen LogP contribution < -0.4 is 4.90 Å². The second-order valence-electron chi connectivity index (χ2n) is 4.65. The van der Waals surface area contributed by atoms with Crippen molar-refractivity contribution in [3.8, 4) is 0 Å². The molecule has 1 aromatic carbocycles. The molecule has 0 bridgehead atoms. The number of hydrogen-bond donors (Lipinski definition) is 0. The lowest BCUT2D eigenvalue weighted by Gasteiger charge is -2.27. The topological polar surface area (TPSA) is 3.24 Å². The third-order valence-electron chi connectivity index (χ3n) is 3.33. The van der Waals surface area contributed by atoms with Crippen LogP contribution in [0.25, 0.3) is 0 Å². The molecule has 2 rings (SSSR count). The van der Waals surface area contributed by atoms with Gasteiger partial charge in [-0.05, 0) is 36.1 Å². The number of thiophene rings is 1.